The van der Waals surface area contributed by atoms with Gasteiger partial charge in [-0.3, -0.25) is 20.8 Å². The van der Waals surface area contributed by atoms with Crippen LogP contribution in [0.25, 0.3) is 0 Å². The van der Waals surface area contributed by atoms with Crippen LogP contribution >= 0.6 is 11.8 Å². The molecule has 0 radical (unpaired) electrons. The highest BCUT2D eigenvalue weighted by molar-refractivity contribution is 7.98. The topological polar surface area (TPSA) is 107 Å². The molecule has 0 spiro atoms. The van der Waals surface area contributed by atoms with Crippen LogP contribution in [0.2, 0.25) is 0 Å². The van der Waals surface area contributed by atoms with Crippen molar-refractivity contribution < 1.29 is 14.5 Å². The average Bonchev–Trinajstić information content (AvgIpc) is 2.42. The lowest BCUT2D eigenvalue weighted by atomic mass is 10.2. The highest BCUT2D eigenvalue weighted by Gasteiger charge is 2.13. The van der Waals surface area contributed by atoms with E-state index in [0.29, 0.717) is 17.9 Å². The van der Waals surface area contributed by atoms with E-state index in [2.05, 4.69) is 10.2 Å². The van der Waals surface area contributed by atoms with Gasteiger partial charge in [0, 0.05) is 17.6 Å². The molecule has 7 nitrogen and oxygen atoms in total. The third-order valence-electron chi connectivity index (χ3n) is 2.36. The Balaban J connectivity index is 2.57. The van der Waals surface area contributed by atoms with Gasteiger partial charge in [-0.1, -0.05) is 6.07 Å². The fourth-order valence-corrected chi connectivity index (χ4v) is 2.26. The number of nitro groups is 1. The number of hydrogen-bond donors (Lipinski definition) is 2. The SMILES string of the molecule is COC(=O)CCSCc1ccc(NN)c([N+](=O)[O-])c1. The molecule has 0 aliphatic heterocycles. The van der Waals surface area contributed by atoms with Crippen molar-refractivity contribution in [2.75, 3.05) is 18.3 Å². The maximum atomic E-state index is 10.9. The van der Waals surface area contributed by atoms with E-state index in [1.165, 1.54) is 24.9 Å². The van der Waals surface area contributed by atoms with E-state index < -0.39 is 4.92 Å². The van der Waals surface area contributed by atoms with Gasteiger partial charge in [0.1, 0.15) is 5.69 Å². The predicted molar refractivity (Wildman–Crippen MR) is 73.7 cm³/mol. The quantitative estimate of drug-likeness (QED) is 0.258. The molecular formula is C11H15N3O4S. The molecule has 0 fully saturated rings. The number of rotatable bonds is 7. The molecule has 0 unspecified atom stereocenters. The molecular weight excluding hydrogens is 270 g/mol. The number of thioether (sulfide) groups is 1. The second-order valence-electron chi connectivity index (χ2n) is 3.63. The van der Waals surface area contributed by atoms with E-state index >= 15 is 0 Å². The van der Waals surface area contributed by atoms with Crippen LogP contribution in [0, 0.1) is 10.1 Å². The minimum Gasteiger partial charge on any atom is -0.469 e. The molecule has 0 saturated carbocycles. The largest absolute Gasteiger partial charge is 0.469 e. The number of benzene rings is 1. The van der Waals surface area contributed by atoms with Crippen molar-refractivity contribution in [2.24, 2.45) is 5.84 Å². The maximum absolute atomic E-state index is 10.9. The average molecular weight is 285 g/mol. The first-order valence-electron chi connectivity index (χ1n) is 5.47. The van der Waals surface area contributed by atoms with E-state index in [4.69, 9.17) is 5.84 Å². The lowest BCUT2D eigenvalue weighted by Gasteiger charge is -2.05. The van der Waals surface area contributed by atoms with E-state index in [-0.39, 0.29) is 17.3 Å². The van der Waals surface area contributed by atoms with E-state index in [1.54, 1.807) is 12.1 Å². The van der Waals surface area contributed by atoms with Crippen LogP contribution in [0.3, 0.4) is 0 Å². The number of nitro benzene ring substituents is 1. The number of nitrogens with one attached hydrogen (secondary N) is 1. The van der Waals surface area contributed by atoms with Crippen LogP contribution < -0.4 is 11.3 Å². The first-order chi connectivity index (χ1) is 9.08. The van der Waals surface area contributed by atoms with Gasteiger partial charge in [0.2, 0.25) is 0 Å². The van der Waals surface area contributed by atoms with E-state index in [9.17, 15) is 14.9 Å². The molecule has 0 aromatic heterocycles. The van der Waals surface area contributed by atoms with Crippen LogP contribution in [-0.4, -0.2) is 23.8 Å². The summed E-state index contributed by atoms with van der Waals surface area (Å²) in [5, 5.41) is 10.8. The summed E-state index contributed by atoms with van der Waals surface area (Å²) < 4.78 is 4.52. The Morgan fingerprint density at radius 1 is 1.58 bits per heavy atom. The summed E-state index contributed by atoms with van der Waals surface area (Å²) in [6.07, 6.45) is 0.325. The summed E-state index contributed by atoms with van der Waals surface area (Å²) in [6.45, 7) is 0. The fraction of sp³-hybridized carbons (Fsp3) is 0.364. The van der Waals surface area contributed by atoms with Gasteiger partial charge in [-0.05, 0) is 11.6 Å². The maximum Gasteiger partial charge on any atom is 0.306 e. The zero-order valence-electron chi connectivity index (χ0n) is 10.4. The highest BCUT2D eigenvalue weighted by atomic mass is 32.2. The minimum atomic E-state index is -0.488. The van der Waals surface area contributed by atoms with Crippen LogP contribution in [-0.2, 0) is 15.3 Å². The molecule has 8 heteroatoms. The number of hydrogen-bond acceptors (Lipinski definition) is 7. The number of nitrogens with two attached hydrogens (primary N) is 1. The molecule has 1 aromatic rings. The number of esters is 1. The summed E-state index contributed by atoms with van der Waals surface area (Å²) in [6, 6.07) is 4.79. The Morgan fingerprint density at radius 3 is 2.89 bits per heavy atom. The van der Waals surface area contributed by atoms with E-state index in [1.807, 2.05) is 0 Å². The van der Waals surface area contributed by atoms with Crippen molar-refractivity contribution in [3.8, 4) is 0 Å². The number of anilines is 1. The summed E-state index contributed by atoms with van der Waals surface area (Å²) in [5.74, 6) is 6.13. The number of methoxy groups -OCH3 is 1. The predicted octanol–water partition coefficient (Wildman–Crippen LogP) is 1.68. The molecule has 0 heterocycles. The molecule has 0 amide bonds. The standard InChI is InChI=1S/C11H15N3O4S/c1-18-11(15)4-5-19-7-8-2-3-9(13-12)10(6-8)14(16)17/h2-3,6,13H,4-5,7,12H2,1H3. The van der Waals surface area contributed by atoms with Crippen molar-refractivity contribution in [1.82, 2.24) is 0 Å². The van der Waals surface area contributed by atoms with Gasteiger partial charge >= 0.3 is 5.97 Å². The molecule has 0 atom stereocenters. The van der Waals surface area contributed by atoms with Gasteiger partial charge in [0.05, 0.1) is 18.5 Å². The number of ether oxygens (including phenoxy) is 1. The zero-order valence-corrected chi connectivity index (χ0v) is 11.2. The van der Waals surface area contributed by atoms with Crippen molar-refractivity contribution in [1.29, 1.82) is 0 Å². The summed E-state index contributed by atoms with van der Waals surface area (Å²) in [5.41, 5.74) is 3.30. The molecule has 3 N–H and O–H groups in total. The molecule has 0 saturated heterocycles. The van der Waals surface area contributed by atoms with Crippen LogP contribution in [0.15, 0.2) is 18.2 Å². The Hall–Kier alpha value is -1.80. The molecule has 0 aliphatic rings. The zero-order chi connectivity index (χ0) is 14.3. The van der Waals surface area contributed by atoms with Crippen molar-refractivity contribution >= 4 is 29.1 Å². The molecule has 104 valence electrons. The summed E-state index contributed by atoms with van der Waals surface area (Å²) >= 11 is 1.51. The van der Waals surface area contributed by atoms with Gasteiger partial charge in [0.25, 0.3) is 5.69 Å². The van der Waals surface area contributed by atoms with Crippen molar-refractivity contribution in [3.63, 3.8) is 0 Å². The van der Waals surface area contributed by atoms with Crippen LogP contribution in [0.5, 0.6) is 0 Å². The number of hydrazine groups is 1. The normalized spacial score (nSPS) is 10.0. The van der Waals surface area contributed by atoms with Gasteiger partial charge in [-0.2, -0.15) is 11.8 Å². The molecule has 0 aliphatic carbocycles. The molecule has 1 rings (SSSR count). The Morgan fingerprint density at radius 2 is 2.32 bits per heavy atom. The minimum absolute atomic E-state index is 0.0615. The molecule has 0 bridgehead atoms. The Bertz CT molecular complexity index is 467. The first-order valence-corrected chi connectivity index (χ1v) is 6.62. The lowest BCUT2D eigenvalue weighted by Crippen LogP contribution is -2.09. The molecule has 1 aromatic carbocycles. The summed E-state index contributed by atoms with van der Waals surface area (Å²) in [4.78, 5) is 21.2. The summed E-state index contributed by atoms with van der Waals surface area (Å²) in [7, 11) is 1.34. The van der Waals surface area contributed by atoms with Crippen molar-refractivity contribution in [3.05, 3.63) is 33.9 Å². The second kappa shape index (κ2) is 7.59. The third kappa shape index (κ3) is 4.76. The number of nitrogens with zero attached hydrogens (tertiary/aromatic N) is 1. The lowest BCUT2D eigenvalue weighted by molar-refractivity contribution is -0.384. The van der Waals surface area contributed by atoms with Gasteiger partial charge in [-0.15, -0.1) is 0 Å². The second-order valence-corrected chi connectivity index (χ2v) is 4.74. The number of carbonyl (C=O) groups is 1. The smallest absolute Gasteiger partial charge is 0.306 e. The number of carbonyl (C=O) groups excluding carboxylic acids is 1. The Kier molecular flexibility index (Phi) is 6.10. The van der Waals surface area contributed by atoms with E-state index in [0.717, 1.165) is 5.56 Å². The fourth-order valence-electron chi connectivity index (χ4n) is 1.39. The van der Waals surface area contributed by atoms with Crippen LogP contribution in [0.4, 0.5) is 11.4 Å². The highest BCUT2D eigenvalue weighted by Crippen LogP contribution is 2.26. The first kappa shape index (κ1) is 15.3. The Labute approximate surface area is 114 Å². The van der Waals surface area contributed by atoms with Crippen molar-refractivity contribution in [2.45, 2.75) is 12.2 Å². The van der Waals surface area contributed by atoms with Gasteiger partial charge in [0.15, 0.2) is 0 Å². The third-order valence-corrected chi connectivity index (χ3v) is 3.39. The monoisotopic (exact) mass is 285 g/mol. The molecule has 19 heavy (non-hydrogen) atoms. The van der Waals surface area contributed by atoms with Gasteiger partial charge < -0.3 is 10.2 Å². The van der Waals surface area contributed by atoms with Crippen LogP contribution in [0.1, 0.15) is 12.0 Å². The number of nitrogen functional groups attached to an aromatic ring is 1. The van der Waals surface area contributed by atoms with Gasteiger partial charge in [-0.25, -0.2) is 0 Å².